The van der Waals surface area contributed by atoms with Crippen LogP contribution in [0, 0.1) is 13.8 Å². The van der Waals surface area contributed by atoms with Gasteiger partial charge in [0.1, 0.15) is 5.69 Å². The Bertz CT molecular complexity index is 757. The lowest BCUT2D eigenvalue weighted by Crippen LogP contribution is -2.11. The third-order valence-electron chi connectivity index (χ3n) is 2.86. The molecular formula is C14H13N3OS. The SMILES string of the molecule is Cc1ccc2cc(C(=O)Nc3ncc(C)s3)[nH]c2c1. The van der Waals surface area contributed by atoms with E-state index < -0.39 is 0 Å². The standard InChI is InChI=1S/C14H13N3OS/c1-8-3-4-10-6-12(16-11(10)5-8)13(18)17-14-15-7-9(2)19-14/h3-7,16H,1-2H3,(H,15,17,18). The highest BCUT2D eigenvalue weighted by molar-refractivity contribution is 7.15. The van der Waals surface area contributed by atoms with E-state index in [4.69, 9.17) is 0 Å². The van der Waals surface area contributed by atoms with Crippen LogP contribution in [0.15, 0.2) is 30.5 Å². The molecule has 0 unspecified atom stereocenters. The fraction of sp³-hybridized carbons (Fsp3) is 0.143. The van der Waals surface area contributed by atoms with Crippen molar-refractivity contribution in [2.24, 2.45) is 0 Å². The molecule has 1 aromatic carbocycles. The van der Waals surface area contributed by atoms with E-state index >= 15 is 0 Å². The van der Waals surface area contributed by atoms with Gasteiger partial charge in [-0.05, 0) is 31.5 Å². The molecule has 0 aliphatic rings. The summed E-state index contributed by atoms with van der Waals surface area (Å²) in [6, 6.07) is 7.91. The molecule has 96 valence electrons. The monoisotopic (exact) mass is 271 g/mol. The minimum Gasteiger partial charge on any atom is -0.351 e. The van der Waals surface area contributed by atoms with Crippen LogP contribution in [-0.2, 0) is 0 Å². The summed E-state index contributed by atoms with van der Waals surface area (Å²) >= 11 is 1.46. The zero-order valence-corrected chi connectivity index (χ0v) is 11.5. The van der Waals surface area contributed by atoms with E-state index in [1.807, 2.05) is 38.1 Å². The van der Waals surface area contributed by atoms with Crippen LogP contribution in [0.4, 0.5) is 5.13 Å². The van der Waals surface area contributed by atoms with E-state index in [0.29, 0.717) is 10.8 Å². The fourth-order valence-electron chi connectivity index (χ4n) is 1.94. The molecule has 3 aromatic rings. The van der Waals surface area contributed by atoms with Crippen molar-refractivity contribution in [3.05, 3.63) is 46.6 Å². The number of rotatable bonds is 2. The number of nitrogens with zero attached hydrogens (tertiary/aromatic N) is 1. The van der Waals surface area contributed by atoms with Gasteiger partial charge in [-0.15, -0.1) is 11.3 Å². The first-order valence-corrected chi connectivity index (χ1v) is 6.76. The molecule has 5 heteroatoms. The maximum Gasteiger partial charge on any atom is 0.273 e. The predicted octanol–water partition coefficient (Wildman–Crippen LogP) is 3.49. The number of carbonyl (C=O) groups excluding carboxylic acids is 1. The number of thiazole rings is 1. The van der Waals surface area contributed by atoms with Crippen molar-refractivity contribution in [1.82, 2.24) is 9.97 Å². The fourth-order valence-corrected chi connectivity index (χ4v) is 2.60. The third kappa shape index (κ3) is 2.37. The van der Waals surface area contributed by atoms with E-state index in [0.717, 1.165) is 21.3 Å². The number of carbonyl (C=O) groups is 1. The maximum atomic E-state index is 12.1. The number of hydrogen-bond donors (Lipinski definition) is 2. The molecule has 0 radical (unpaired) electrons. The molecule has 0 aliphatic carbocycles. The lowest BCUT2D eigenvalue weighted by Gasteiger charge is -1.97. The quantitative estimate of drug-likeness (QED) is 0.749. The third-order valence-corrected chi connectivity index (χ3v) is 3.69. The average molecular weight is 271 g/mol. The summed E-state index contributed by atoms with van der Waals surface area (Å²) < 4.78 is 0. The molecule has 4 nitrogen and oxygen atoms in total. The Hall–Kier alpha value is -2.14. The van der Waals surface area contributed by atoms with Crippen molar-refractivity contribution in [3.63, 3.8) is 0 Å². The highest BCUT2D eigenvalue weighted by Crippen LogP contribution is 2.20. The summed E-state index contributed by atoms with van der Waals surface area (Å²) in [5.74, 6) is -0.164. The van der Waals surface area contributed by atoms with Crippen LogP contribution in [0.3, 0.4) is 0 Å². The minimum absolute atomic E-state index is 0.164. The Balaban J connectivity index is 1.89. The number of benzene rings is 1. The van der Waals surface area contributed by atoms with Gasteiger partial charge in [-0.2, -0.15) is 0 Å². The topological polar surface area (TPSA) is 57.8 Å². The highest BCUT2D eigenvalue weighted by Gasteiger charge is 2.11. The minimum atomic E-state index is -0.164. The van der Waals surface area contributed by atoms with E-state index in [2.05, 4.69) is 15.3 Å². The zero-order valence-electron chi connectivity index (χ0n) is 10.7. The molecule has 0 aliphatic heterocycles. The number of nitrogens with one attached hydrogen (secondary N) is 2. The Labute approximate surface area is 114 Å². The van der Waals surface area contributed by atoms with Gasteiger partial charge < -0.3 is 4.98 Å². The second kappa shape index (κ2) is 4.51. The number of hydrogen-bond acceptors (Lipinski definition) is 3. The van der Waals surface area contributed by atoms with Crippen LogP contribution in [0.25, 0.3) is 10.9 Å². The van der Waals surface area contributed by atoms with Gasteiger partial charge in [-0.3, -0.25) is 10.1 Å². The Kier molecular flexibility index (Phi) is 2.83. The van der Waals surface area contributed by atoms with Crippen LogP contribution in [0.5, 0.6) is 0 Å². The molecule has 0 saturated carbocycles. The molecule has 0 bridgehead atoms. The van der Waals surface area contributed by atoms with Gasteiger partial charge in [-0.1, -0.05) is 12.1 Å². The van der Waals surface area contributed by atoms with Crippen LogP contribution >= 0.6 is 11.3 Å². The molecular weight excluding hydrogens is 258 g/mol. The molecule has 0 atom stereocenters. The number of H-pyrrole nitrogens is 1. The van der Waals surface area contributed by atoms with Gasteiger partial charge in [0.25, 0.3) is 5.91 Å². The van der Waals surface area contributed by atoms with Gasteiger partial charge in [0.15, 0.2) is 5.13 Å². The summed E-state index contributed by atoms with van der Waals surface area (Å²) in [7, 11) is 0. The second-order valence-electron chi connectivity index (χ2n) is 4.50. The van der Waals surface area contributed by atoms with Gasteiger partial charge in [0.2, 0.25) is 0 Å². The average Bonchev–Trinajstić information content (AvgIpc) is 2.95. The molecule has 1 amide bonds. The van der Waals surface area contributed by atoms with Crippen molar-refractivity contribution < 1.29 is 4.79 Å². The van der Waals surface area contributed by atoms with Crippen molar-refractivity contribution in [2.75, 3.05) is 5.32 Å². The smallest absolute Gasteiger partial charge is 0.273 e. The lowest BCUT2D eigenvalue weighted by molar-refractivity contribution is 0.102. The van der Waals surface area contributed by atoms with Crippen LogP contribution in [0.2, 0.25) is 0 Å². The molecule has 0 spiro atoms. The van der Waals surface area contributed by atoms with Gasteiger partial charge in [-0.25, -0.2) is 4.98 Å². The number of fused-ring (bicyclic) bond motifs is 1. The first-order valence-electron chi connectivity index (χ1n) is 5.95. The van der Waals surface area contributed by atoms with Crippen molar-refractivity contribution >= 4 is 33.3 Å². The molecule has 3 rings (SSSR count). The predicted molar refractivity (Wildman–Crippen MR) is 77.8 cm³/mol. The Morgan fingerprint density at radius 3 is 2.89 bits per heavy atom. The molecule has 0 fully saturated rings. The normalized spacial score (nSPS) is 10.8. The second-order valence-corrected chi connectivity index (χ2v) is 5.74. The Morgan fingerprint density at radius 1 is 1.32 bits per heavy atom. The molecule has 19 heavy (non-hydrogen) atoms. The largest absolute Gasteiger partial charge is 0.351 e. The van der Waals surface area contributed by atoms with Gasteiger partial charge >= 0.3 is 0 Å². The number of aromatic nitrogens is 2. The van der Waals surface area contributed by atoms with E-state index in [1.165, 1.54) is 11.3 Å². The van der Waals surface area contributed by atoms with Gasteiger partial charge in [0, 0.05) is 22.0 Å². The van der Waals surface area contributed by atoms with E-state index in [9.17, 15) is 4.79 Å². The number of aromatic amines is 1. The first kappa shape index (κ1) is 11.9. The van der Waals surface area contributed by atoms with Crippen molar-refractivity contribution in [3.8, 4) is 0 Å². The van der Waals surface area contributed by atoms with Crippen molar-refractivity contribution in [2.45, 2.75) is 13.8 Å². The first-order chi connectivity index (χ1) is 9.11. The molecule has 0 saturated heterocycles. The van der Waals surface area contributed by atoms with E-state index in [1.54, 1.807) is 6.20 Å². The molecule has 2 aromatic heterocycles. The summed E-state index contributed by atoms with van der Waals surface area (Å²) in [4.78, 5) is 20.4. The maximum absolute atomic E-state index is 12.1. The number of aryl methyl sites for hydroxylation is 2. The highest BCUT2D eigenvalue weighted by atomic mass is 32.1. The van der Waals surface area contributed by atoms with Crippen LogP contribution < -0.4 is 5.32 Å². The summed E-state index contributed by atoms with van der Waals surface area (Å²) in [6.07, 6.45) is 1.74. The van der Waals surface area contributed by atoms with Crippen LogP contribution in [0.1, 0.15) is 20.9 Å². The number of anilines is 1. The van der Waals surface area contributed by atoms with Crippen LogP contribution in [-0.4, -0.2) is 15.9 Å². The summed E-state index contributed by atoms with van der Waals surface area (Å²) in [6.45, 7) is 3.98. The summed E-state index contributed by atoms with van der Waals surface area (Å²) in [5.41, 5.74) is 2.69. The Morgan fingerprint density at radius 2 is 2.16 bits per heavy atom. The molecule has 2 N–H and O–H groups in total. The van der Waals surface area contributed by atoms with Crippen molar-refractivity contribution in [1.29, 1.82) is 0 Å². The zero-order chi connectivity index (χ0) is 13.4. The van der Waals surface area contributed by atoms with E-state index in [-0.39, 0.29) is 5.91 Å². The summed E-state index contributed by atoms with van der Waals surface area (Å²) in [5, 5.41) is 4.45. The lowest BCUT2D eigenvalue weighted by atomic mass is 10.2. The number of amides is 1. The van der Waals surface area contributed by atoms with Gasteiger partial charge in [0.05, 0.1) is 0 Å². The molecule has 2 heterocycles.